The van der Waals surface area contributed by atoms with Crippen LogP contribution in [0, 0.1) is 0 Å². The Bertz CT molecular complexity index is 352. The van der Waals surface area contributed by atoms with Crippen molar-refractivity contribution in [1.82, 2.24) is 5.32 Å². The second kappa shape index (κ2) is 5.45. The summed E-state index contributed by atoms with van der Waals surface area (Å²) in [6, 6.07) is 9.01. The molecule has 1 aromatic rings. The molecule has 94 valence electrons. The minimum absolute atomic E-state index is 0.567. The fourth-order valence-corrected chi connectivity index (χ4v) is 2.80. The highest BCUT2D eigenvalue weighted by Crippen LogP contribution is 2.46. The molecule has 0 aliphatic heterocycles. The summed E-state index contributed by atoms with van der Waals surface area (Å²) in [6.45, 7) is 6.63. The first-order valence-corrected chi connectivity index (χ1v) is 7.72. The second-order valence-corrected chi connectivity index (χ2v) is 6.66. The maximum absolute atomic E-state index is 3.58. The molecule has 0 spiro atoms. The van der Waals surface area contributed by atoms with Crippen LogP contribution in [0.2, 0.25) is 0 Å². The van der Waals surface area contributed by atoms with Crippen molar-refractivity contribution >= 4 is 11.8 Å². The van der Waals surface area contributed by atoms with Crippen molar-refractivity contribution < 1.29 is 0 Å². The summed E-state index contributed by atoms with van der Waals surface area (Å²) < 4.78 is 0.567. The average molecular weight is 249 g/mol. The van der Waals surface area contributed by atoms with Crippen LogP contribution in [0.5, 0.6) is 0 Å². The third kappa shape index (κ3) is 3.49. The Morgan fingerprint density at radius 1 is 1.24 bits per heavy atom. The minimum Gasteiger partial charge on any atom is -0.311 e. The number of thioether (sulfide) groups is 1. The molecule has 0 atom stereocenters. The van der Waals surface area contributed by atoms with Gasteiger partial charge in [0.25, 0.3) is 0 Å². The van der Waals surface area contributed by atoms with Gasteiger partial charge in [-0.05, 0) is 36.1 Å². The topological polar surface area (TPSA) is 12.0 Å². The standard InChI is InChI=1S/C15H23NS/c1-12(2)14-6-4-13(5-7-14)10-16-11-15(17-3)8-9-15/h4-7,12,16H,8-11H2,1-3H3. The number of hydrogen-bond acceptors (Lipinski definition) is 2. The van der Waals surface area contributed by atoms with E-state index in [4.69, 9.17) is 0 Å². The molecule has 1 aliphatic rings. The monoisotopic (exact) mass is 249 g/mol. The van der Waals surface area contributed by atoms with Crippen molar-refractivity contribution in [1.29, 1.82) is 0 Å². The van der Waals surface area contributed by atoms with Crippen LogP contribution in [0.4, 0.5) is 0 Å². The predicted molar refractivity (Wildman–Crippen MR) is 77.7 cm³/mol. The zero-order valence-electron chi connectivity index (χ0n) is 11.1. The Labute approximate surface area is 109 Å². The number of hydrogen-bond donors (Lipinski definition) is 1. The molecule has 1 saturated carbocycles. The van der Waals surface area contributed by atoms with E-state index < -0.39 is 0 Å². The Morgan fingerprint density at radius 2 is 1.88 bits per heavy atom. The van der Waals surface area contributed by atoms with Crippen molar-refractivity contribution in [2.75, 3.05) is 12.8 Å². The van der Waals surface area contributed by atoms with Gasteiger partial charge in [0.2, 0.25) is 0 Å². The molecule has 1 N–H and O–H groups in total. The Hall–Kier alpha value is -0.470. The fourth-order valence-electron chi connectivity index (χ4n) is 2.05. The molecule has 1 aromatic carbocycles. The van der Waals surface area contributed by atoms with Crippen LogP contribution in [0.3, 0.4) is 0 Å². The molecular weight excluding hydrogens is 226 g/mol. The molecule has 1 nitrogen and oxygen atoms in total. The van der Waals surface area contributed by atoms with E-state index in [1.54, 1.807) is 0 Å². The SMILES string of the molecule is CSC1(CNCc2ccc(C(C)C)cc2)CC1. The van der Waals surface area contributed by atoms with Crippen LogP contribution >= 0.6 is 11.8 Å². The first-order valence-electron chi connectivity index (χ1n) is 6.50. The first kappa shape index (κ1) is 13.0. The van der Waals surface area contributed by atoms with Crippen LogP contribution in [0.1, 0.15) is 43.7 Å². The Balaban J connectivity index is 1.79. The quantitative estimate of drug-likeness (QED) is 0.823. The summed E-state index contributed by atoms with van der Waals surface area (Å²) in [4.78, 5) is 0. The lowest BCUT2D eigenvalue weighted by Crippen LogP contribution is -2.25. The molecule has 0 heterocycles. The van der Waals surface area contributed by atoms with Gasteiger partial charge in [0.15, 0.2) is 0 Å². The van der Waals surface area contributed by atoms with Crippen LogP contribution in [-0.4, -0.2) is 17.5 Å². The molecule has 1 aliphatic carbocycles. The van der Waals surface area contributed by atoms with Gasteiger partial charge in [-0.25, -0.2) is 0 Å². The fraction of sp³-hybridized carbons (Fsp3) is 0.600. The zero-order chi connectivity index (χ0) is 12.3. The molecule has 0 aromatic heterocycles. The third-order valence-corrected chi connectivity index (χ3v) is 5.08. The molecule has 0 radical (unpaired) electrons. The van der Waals surface area contributed by atoms with Gasteiger partial charge in [-0.3, -0.25) is 0 Å². The highest BCUT2D eigenvalue weighted by molar-refractivity contribution is 8.00. The number of benzene rings is 1. The molecule has 2 rings (SSSR count). The Morgan fingerprint density at radius 3 is 2.35 bits per heavy atom. The van der Waals surface area contributed by atoms with Gasteiger partial charge >= 0.3 is 0 Å². The minimum atomic E-state index is 0.567. The predicted octanol–water partition coefficient (Wildman–Crippen LogP) is 3.80. The van der Waals surface area contributed by atoms with Crippen LogP contribution in [0.15, 0.2) is 24.3 Å². The van der Waals surface area contributed by atoms with E-state index in [1.807, 2.05) is 11.8 Å². The van der Waals surface area contributed by atoms with Gasteiger partial charge < -0.3 is 5.32 Å². The van der Waals surface area contributed by atoms with Gasteiger partial charge in [-0.2, -0.15) is 11.8 Å². The maximum atomic E-state index is 3.58. The van der Waals surface area contributed by atoms with Gasteiger partial charge in [0.05, 0.1) is 0 Å². The lowest BCUT2D eigenvalue weighted by molar-refractivity contribution is 0.663. The van der Waals surface area contributed by atoms with Gasteiger partial charge in [-0.15, -0.1) is 0 Å². The van der Waals surface area contributed by atoms with E-state index in [0.29, 0.717) is 10.7 Å². The lowest BCUT2D eigenvalue weighted by Gasteiger charge is -2.13. The van der Waals surface area contributed by atoms with E-state index in [9.17, 15) is 0 Å². The average Bonchev–Trinajstić information content (AvgIpc) is 3.10. The van der Waals surface area contributed by atoms with E-state index >= 15 is 0 Å². The molecule has 2 heteroatoms. The summed E-state index contributed by atoms with van der Waals surface area (Å²) in [5.41, 5.74) is 2.82. The van der Waals surface area contributed by atoms with E-state index in [2.05, 4.69) is 49.7 Å². The number of nitrogens with one attached hydrogen (secondary N) is 1. The van der Waals surface area contributed by atoms with Crippen LogP contribution in [0.25, 0.3) is 0 Å². The second-order valence-electron chi connectivity index (χ2n) is 5.39. The van der Waals surface area contributed by atoms with Gasteiger partial charge in [0.1, 0.15) is 0 Å². The molecule has 0 amide bonds. The highest BCUT2D eigenvalue weighted by Gasteiger charge is 2.41. The first-order chi connectivity index (χ1) is 8.15. The third-order valence-electron chi connectivity index (χ3n) is 3.66. The summed E-state index contributed by atoms with van der Waals surface area (Å²) in [5.74, 6) is 0.628. The van der Waals surface area contributed by atoms with Gasteiger partial charge in [0, 0.05) is 17.8 Å². The van der Waals surface area contributed by atoms with Gasteiger partial charge in [-0.1, -0.05) is 38.1 Å². The molecular formula is C15H23NS. The van der Waals surface area contributed by atoms with Crippen molar-refractivity contribution in [2.45, 2.75) is 43.9 Å². The van der Waals surface area contributed by atoms with Crippen molar-refractivity contribution in [3.05, 3.63) is 35.4 Å². The summed E-state index contributed by atoms with van der Waals surface area (Å²) >= 11 is 2.02. The normalized spacial score (nSPS) is 17.4. The van der Waals surface area contributed by atoms with Crippen molar-refractivity contribution in [3.8, 4) is 0 Å². The molecule has 0 unspecified atom stereocenters. The van der Waals surface area contributed by atoms with Crippen LogP contribution in [-0.2, 0) is 6.54 Å². The van der Waals surface area contributed by atoms with E-state index in [-0.39, 0.29) is 0 Å². The maximum Gasteiger partial charge on any atom is 0.0282 e. The molecule has 0 bridgehead atoms. The largest absolute Gasteiger partial charge is 0.311 e. The van der Waals surface area contributed by atoms with Crippen molar-refractivity contribution in [2.24, 2.45) is 0 Å². The van der Waals surface area contributed by atoms with Crippen molar-refractivity contribution in [3.63, 3.8) is 0 Å². The van der Waals surface area contributed by atoms with E-state index in [0.717, 1.165) is 13.1 Å². The summed E-state index contributed by atoms with van der Waals surface area (Å²) in [5, 5.41) is 3.58. The van der Waals surface area contributed by atoms with Crippen LogP contribution < -0.4 is 5.32 Å². The lowest BCUT2D eigenvalue weighted by atomic mass is 10.0. The molecule has 1 fully saturated rings. The number of rotatable bonds is 6. The Kier molecular flexibility index (Phi) is 4.16. The molecule has 17 heavy (non-hydrogen) atoms. The highest BCUT2D eigenvalue weighted by atomic mass is 32.2. The van der Waals surface area contributed by atoms with E-state index in [1.165, 1.54) is 24.0 Å². The summed E-state index contributed by atoms with van der Waals surface area (Å²) in [7, 11) is 0. The zero-order valence-corrected chi connectivity index (χ0v) is 11.9. The smallest absolute Gasteiger partial charge is 0.0282 e. The summed E-state index contributed by atoms with van der Waals surface area (Å²) in [6.07, 6.45) is 4.99. The molecule has 0 saturated heterocycles.